The van der Waals surface area contributed by atoms with Gasteiger partial charge in [-0.3, -0.25) is 4.68 Å². The van der Waals surface area contributed by atoms with Gasteiger partial charge in [0.05, 0.1) is 6.20 Å². The van der Waals surface area contributed by atoms with Gasteiger partial charge in [-0.05, 0) is 34.1 Å². The molecule has 1 heterocycles. The average molecular weight is 209 g/mol. The van der Waals surface area contributed by atoms with Crippen LogP contribution in [-0.2, 0) is 6.54 Å². The number of hydrogen-bond donors (Lipinski definition) is 1. The number of nitrogens with zero attached hydrogens (tertiary/aromatic N) is 2. The lowest BCUT2D eigenvalue weighted by Gasteiger charge is -2.19. The van der Waals surface area contributed by atoms with Crippen LogP contribution in [0.3, 0.4) is 0 Å². The van der Waals surface area contributed by atoms with Gasteiger partial charge in [0.1, 0.15) is 0 Å². The number of hydrogen-bond acceptors (Lipinski definition) is 2. The largest absolute Gasteiger partial charge is 0.308 e. The topological polar surface area (TPSA) is 29.9 Å². The summed E-state index contributed by atoms with van der Waals surface area (Å²) in [6, 6.07) is 0.494. The second kappa shape index (κ2) is 4.79. The van der Waals surface area contributed by atoms with Crippen LogP contribution in [-0.4, -0.2) is 15.3 Å². The molecule has 1 atom stereocenters. The molecule has 1 unspecified atom stereocenters. The fraction of sp³-hybridized carbons (Fsp3) is 0.750. The van der Waals surface area contributed by atoms with Gasteiger partial charge in [-0.15, -0.1) is 0 Å². The maximum atomic E-state index is 4.36. The minimum absolute atomic E-state index is 0.165. The Morgan fingerprint density at radius 3 is 2.67 bits per heavy atom. The quantitative estimate of drug-likeness (QED) is 0.826. The van der Waals surface area contributed by atoms with Gasteiger partial charge in [-0.1, -0.05) is 6.92 Å². The van der Waals surface area contributed by atoms with Crippen molar-refractivity contribution in [3.8, 4) is 0 Å². The molecule has 1 N–H and O–H groups in total. The molecule has 0 aliphatic heterocycles. The number of nitrogens with one attached hydrogen (secondary N) is 1. The highest BCUT2D eigenvalue weighted by Crippen LogP contribution is 2.10. The van der Waals surface area contributed by atoms with Crippen LogP contribution in [0.15, 0.2) is 12.4 Å². The van der Waals surface area contributed by atoms with Crippen molar-refractivity contribution in [3.05, 3.63) is 18.0 Å². The van der Waals surface area contributed by atoms with Crippen molar-refractivity contribution in [2.45, 2.75) is 59.2 Å². The minimum atomic E-state index is 0.165. The molecular formula is C12H23N3. The molecule has 3 nitrogen and oxygen atoms in total. The molecule has 0 saturated carbocycles. The molecule has 15 heavy (non-hydrogen) atoms. The van der Waals surface area contributed by atoms with Crippen LogP contribution < -0.4 is 5.32 Å². The minimum Gasteiger partial charge on any atom is -0.308 e. The Bertz CT molecular complexity index is 296. The molecule has 0 aliphatic rings. The molecular weight excluding hydrogens is 186 g/mol. The number of aromatic nitrogens is 2. The Morgan fingerprint density at radius 1 is 1.47 bits per heavy atom. The monoisotopic (exact) mass is 209 g/mol. The van der Waals surface area contributed by atoms with E-state index in [-0.39, 0.29) is 5.54 Å². The third kappa shape index (κ3) is 4.04. The number of rotatable bonds is 4. The Morgan fingerprint density at radius 2 is 2.13 bits per heavy atom. The van der Waals surface area contributed by atoms with Gasteiger partial charge >= 0.3 is 0 Å². The maximum absolute atomic E-state index is 4.36. The maximum Gasteiger partial charge on any atom is 0.0534 e. The molecule has 1 rings (SSSR count). The van der Waals surface area contributed by atoms with Gasteiger partial charge < -0.3 is 5.32 Å². The van der Waals surface area contributed by atoms with E-state index in [1.807, 2.05) is 10.9 Å². The van der Waals surface area contributed by atoms with Crippen molar-refractivity contribution in [2.75, 3.05) is 0 Å². The Hall–Kier alpha value is -0.830. The first kappa shape index (κ1) is 12.2. The van der Waals surface area contributed by atoms with E-state index in [9.17, 15) is 0 Å². The summed E-state index contributed by atoms with van der Waals surface area (Å²) in [6.45, 7) is 11.8. The van der Waals surface area contributed by atoms with Crippen LogP contribution in [0.1, 0.15) is 52.6 Å². The predicted molar refractivity (Wildman–Crippen MR) is 63.8 cm³/mol. The normalized spacial score (nSPS) is 14.2. The van der Waals surface area contributed by atoms with E-state index in [4.69, 9.17) is 0 Å². The summed E-state index contributed by atoms with van der Waals surface area (Å²) in [6.07, 6.45) is 5.20. The zero-order chi connectivity index (χ0) is 11.5. The second-order valence-electron chi connectivity index (χ2n) is 5.19. The van der Waals surface area contributed by atoms with E-state index in [2.05, 4.69) is 51.2 Å². The van der Waals surface area contributed by atoms with E-state index in [1.165, 1.54) is 5.56 Å². The molecule has 1 aromatic heterocycles. The SMILES string of the molecule is CCC(C)n1cc(CNC(C)(C)C)cn1. The van der Waals surface area contributed by atoms with Gasteiger partial charge in [0.2, 0.25) is 0 Å². The van der Waals surface area contributed by atoms with E-state index in [0.717, 1.165) is 13.0 Å². The molecule has 86 valence electrons. The fourth-order valence-corrected chi connectivity index (χ4v) is 1.26. The summed E-state index contributed by atoms with van der Waals surface area (Å²) in [5.74, 6) is 0. The second-order valence-corrected chi connectivity index (χ2v) is 5.19. The molecule has 0 spiro atoms. The lowest BCUT2D eigenvalue weighted by molar-refractivity contribution is 0.423. The van der Waals surface area contributed by atoms with Crippen molar-refractivity contribution in [1.82, 2.24) is 15.1 Å². The smallest absolute Gasteiger partial charge is 0.0534 e. The molecule has 0 saturated heterocycles. The van der Waals surface area contributed by atoms with E-state index >= 15 is 0 Å². The first-order valence-electron chi connectivity index (χ1n) is 5.70. The van der Waals surface area contributed by atoms with Crippen LogP contribution in [0, 0.1) is 0 Å². The first-order chi connectivity index (χ1) is 6.92. The van der Waals surface area contributed by atoms with Gasteiger partial charge in [0.25, 0.3) is 0 Å². The third-order valence-corrected chi connectivity index (χ3v) is 2.52. The summed E-state index contributed by atoms with van der Waals surface area (Å²) in [5.41, 5.74) is 1.42. The van der Waals surface area contributed by atoms with Crippen LogP contribution >= 0.6 is 0 Å². The fourth-order valence-electron chi connectivity index (χ4n) is 1.26. The summed E-state index contributed by atoms with van der Waals surface area (Å²) < 4.78 is 2.04. The molecule has 0 amide bonds. The van der Waals surface area contributed by atoms with E-state index in [1.54, 1.807) is 0 Å². The highest BCUT2D eigenvalue weighted by atomic mass is 15.3. The van der Waals surface area contributed by atoms with Crippen LogP contribution in [0.5, 0.6) is 0 Å². The third-order valence-electron chi connectivity index (χ3n) is 2.52. The van der Waals surface area contributed by atoms with Gasteiger partial charge in [0.15, 0.2) is 0 Å². The summed E-state index contributed by atoms with van der Waals surface area (Å²) in [4.78, 5) is 0. The lowest BCUT2D eigenvalue weighted by Crippen LogP contribution is -2.34. The summed E-state index contributed by atoms with van der Waals surface area (Å²) >= 11 is 0. The Kier molecular flexibility index (Phi) is 3.91. The average Bonchev–Trinajstić information content (AvgIpc) is 2.61. The Labute approximate surface area is 92.9 Å². The molecule has 1 aromatic rings. The summed E-state index contributed by atoms with van der Waals surface area (Å²) in [7, 11) is 0. The van der Waals surface area contributed by atoms with Crippen molar-refractivity contribution < 1.29 is 0 Å². The highest BCUT2D eigenvalue weighted by molar-refractivity contribution is 5.04. The molecule has 0 aromatic carbocycles. The van der Waals surface area contributed by atoms with Crippen molar-refractivity contribution in [1.29, 1.82) is 0 Å². The first-order valence-corrected chi connectivity index (χ1v) is 5.70. The highest BCUT2D eigenvalue weighted by Gasteiger charge is 2.10. The predicted octanol–water partition coefficient (Wildman–Crippen LogP) is 2.74. The molecule has 0 radical (unpaired) electrons. The van der Waals surface area contributed by atoms with E-state index < -0.39 is 0 Å². The molecule has 0 aliphatic carbocycles. The van der Waals surface area contributed by atoms with Gasteiger partial charge in [-0.2, -0.15) is 5.10 Å². The van der Waals surface area contributed by atoms with Gasteiger partial charge in [-0.25, -0.2) is 0 Å². The van der Waals surface area contributed by atoms with Crippen molar-refractivity contribution in [3.63, 3.8) is 0 Å². The van der Waals surface area contributed by atoms with Crippen LogP contribution in [0.25, 0.3) is 0 Å². The van der Waals surface area contributed by atoms with Crippen molar-refractivity contribution >= 4 is 0 Å². The van der Waals surface area contributed by atoms with Gasteiger partial charge in [0, 0.05) is 29.9 Å². The Balaban J connectivity index is 2.53. The van der Waals surface area contributed by atoms with E-state index in [0.29, 0.717) is 6.04 Å². The van der Waals surface area contributed by atoms with Crippen LogP contribution in [0.4, 0.5) is 0 Å². The molecule has 0 fully saturated rings. The summed E-state index contributed by atoms with van der Waals surface area (Å²) in [5, 5.41) is 7.82. The molecule has 0 bridgehead atoms. The van der Waals surface area contributed by atoms with Crippen LogP contribution in [0.2, 0.25) is 0 Å². The zero-order valence-corrected chi connectivity index (χ0v) is 10.5. The molecule has 3 heteroatoms. The zero-order valence-electron chi connectivity index (χ0n) is 10.5. The standard InChI is InChI=1S/C12H23N3/c1-6-10(2)15-9-11(8-14-15)7-13-12(3,4)5/h8-10,13H,6-7H2,1-5H3. The lowest BCUT2D eigenvalue weighted by atomic mass is 10.1. The van der Waals surface area contributed by atoms with Crippen molar-refractivity contribution in [2.24, 2.45) is 0 Å².